The molecule has 3 amide bonds. The number of benzene rings is 1. The van der Waals surface area contributed by atoms with Crippen LogP contribution in [0.3, 0.4) is 0 Å². The lowest BCUT2D eigenvalue weighted by molar-refractivity contribution is -0.384. The molecule has 0 bridgehead atoms. The molecule has 2 fully saturated rings. The number of amides is 3. The van der Waals surface area contributed by atoms with E-state index in [-0.39, 0.29) is 42.2 Å². The van der Waals surface area contributed by atoms with Crippen molar-refractivity contribution in [3.8, 4) is 0 Å². The lowest BCUT2D eigenvalue weighted by Gasteiger charge is -2.29. The van der Waals surface area contributed by atoms with Gasteiger partial charge in [-0.15, -0.1) is 0 Å². The summed E-state index contributed by atoms with van der Waals surface area (Å²) in [6, 6.07) is 4.23. The molecule has 1 N–H and O–H groups in total. The number of allylic oxidation sites excluding steroid dienone is 1. The third-order valence-electron chi connectivity index (χ3n) is 6.39. The van der Waals surface area contributed by atoms with Crippen LogP contribution in [0.4, 0.5) is 10.5 Å². The summed E-state index contributed by atoms with van der Waals surface area (Å²) in [6.07, 6.45) is 7.56. The SMILES string of the molecule is CN1CCCC/C=C\[C@@H]2CC2NC(=O)[C@@H]2C[C@H](OC(=O)c3ccc([N+](=O)[O-])cc3)CN2C1=O. The van der Waals surface area contributed by atoms with Gasteiger partial charge in [0.1, 0.15) is 12.1 Å². The Morgan fingerprint density at radius 3 is 2.67 bits per heavy atom. The Balaban J connectivity index is 1.46. The van der Waals surface area contributed by atoms with Crippen molar-refractivity contribution < 1.29 is 24.0 Å². The molecule has 0 spiro atoms. The van der Waals surface area contributed by atoms with Crippen LogP contribution in [0.1, 0.15) is 42.5 Å². The quantitative estimate of drug-likeness (QED) is 0.323. The summed E-state index contributed by atoms with van der Waals surface area (Å²) in [5.41, 5.74) is 0.0515. The van der Waals surface area contributed by atoms with Crippen LogP contribution in [0, 0.1) is 16.0 Å². The molecule has 4 rings (SSSR count). The molecule has 10 nitrogen and oxygen atoms in total. The Morgan fingerprint density at radius 1 is 1.18 bits per heavy atom. The van der Waals surface area contributed by atoms with Gasteiger partial charge in [0, 0.05) is 38.2 Å². The van der Waals surface area contributed by atoms with Crippen LogP contribution in [0.15, 0.2) is 36.4 Å². The number of esters is 1. The van der Waals surface area contributed by atoms with Gasteiger partial charge in [0.2, 0.25) is 5.91 Å². The van der Waals surface area contributed by atoms with Crippen molar-refractivity contribution in [1.82, 2.24) is 15.1 Å². The molecule has 1 aromatic rings. The average molecular weight is 456 g/mol. The Bertz CT molecular complexity index is 962. The van der Waals surface area contributed by atoms with Crippen LogP contribution in [-0.4, -0.2) is 71.0 Å². The monoisotopic (exact) mass is 456 g/mol. The summed E-state index contributed by atoms with van der Waals surface area (Å²) in [4.78, 5) is 52.0. The maximum absolute atomic E-state index is 13.1. The molecule has 33 heavy (non-hydrogen) atoms. The van der Waals surface area contributed by atoms with Crippen molar-refractivity contribution in [1.29, 1.82) is 0 Å². The molecule has 4 atom stereocenters. The van der Waals surface area contributed by atoms with Crippen LogP contribution < -0.4 is 5.32 Å². The van der Waals surface area contributed by atoms with Crippen LogP contribution >= 0.6 is 0 Å². The zero-order valence-electron chi connectivity index (χ0n) is 18.5. The summed E-state index contributed by atoms with van der Waals surface area (Å²) in [5.74, 6) is -0.542. The summed E-state index contributed by atoms with van der Waals surface area (Å²) in [5, 5.41) is 13.8. The number of nitro benzene ring substituents is 1. The topological polar surface area (TPSA) is 122 Å². The minimum Gasteiger partial charge on any atom is -0.457 e. The first-order valence-corrected chi connectivity index (χ1v) is 11.3. The second-order valence-electron chi connectivity index (χ2n) is 8.88. The summed E-state index contributed by atoms with van der Waals surface area (Å²) < 4.78 is 5.58. The number of nitrogens with one attached hydrogen (secondary N) is 1. The highest BCUT2D eigenvalue weighted by atomic mass is 16.6. The Morgan fingerprint density at radius 2 is 1.94 bits per heavy atom. The highest BCUT2D eigenvalue weighted by Crippen LogP contribution is 2.33. The summed E-state index contributed by atoms with van der Waals surface area (Å²) in [7, 11) is 1.71. The van der Waals surface area contributed by atoms with Crippen molar-refractivity contribution >= 4 is 23.6 Å². The van der Waals surface area contributed by atoms with Gasteiger partial charge in [0.25, 0.3) is 5.69 Å². The molecular formula is C23H28N4O6. The van der Waals surface area contributed by atoms with Crippen LogP contribution in [0.5, 0.6) is 0 Å². The van der Waals surface area contributed by atoms with E-state index in [1.807, 2.05) is 0 Å². The third-order valence-corrected chi connectivity index (χ3v) is 6.39. The maximum Gasteiger partial charge on any atom is 0.338 e. The molecule has 10 heteroatoms. The van der Waals surface area contributed by atoms with Gasteiger partial charge < -0.3 is 19.9 Å². The number of carbonyl (C=O) groups excluding carboxylic acids is 3. The van der Waals surface area contributed by atoms with E-state index in [9.17, 15) is 24.5 Å². The number of nitrogens with zero attached hydrogens (tertiary/aromatic N) is 3. The second-order valence-corrected chi connectivity index (χ2v) is 8.88. The number of hydrogen-bond donors (Lipinski definition) is 1. The van der Waals surface area contributed by atoms with Gasteiger partial charge in [0.05, 0.1) is 17.0 Å². The third kappa shape index (κ3) is 5.32. The zero-order chi connectivity index (χ0) is 23.5. The van der Waals surface area contributed by atoms with E-state index in [2.05, 4.69) is 17.5 Å². The van der Waals surface area contributed by atoms with Gasteiger partial charge >= 0.3 is 12.0 Å². The van der Waals surface area contributed by atoms with Crippen molar-refractivity contribution in [3.05, 3.63) is 52.1 Å². The van der Waals surface area contributed by atoms with E-state index in [4.69, 9.17) is 4.74 Å². The van der Waals surface area contributed by atoms with Crippen molar-refractivity contribution in [2.45, 2.75) is 50.3 Å². The lowest BCUT2D eigenvalue weighted by atomic mass is 10.1. The lowest BCUT2D eigenvalue weighted by Crippen LogP contribution is -2.50. The molecule has 1 aliphatic carbocycles. The van der Waals surface area contributed by atoms with Gasteiger partial charge in [0.15, 0.2) is 0 Å². The molecule has 1 unspecified atom stereocenters. The number of nitro groups is 1. The highest BCUT2D eigenvalue weighted by molar-refractivity contribution is 5.91. The van der Waals surface area contributed by atoms with E-state index in [1.165, 1.54) is 29.2 Å². The fourth-order valence-electron chi connectivity index (χ4n) is 4.35. The van der Waals surface area contributed by atoms with Crippen LogP contribution in [-0.2, 0) is 9.53 Å². The van der Waals surface area contributed by atoms with E-state index in [1.54, 1.807) is 11.9 Å². The minimum absolute atomic E-state index is 0.0769. The molecular weight excluding hydrogens is 428 g/mol. The normalized spacial score (nSPS) is 28.8. The smallest absolute Gasteiger partial charge is 0.338 e. The number of ether oxygens (including phenoxy) is 1. The summed E-state index contributed by atoms with van der Waals surface area (Å²) in [6.45, 7) is 0.699. The zero-order valence-corrected chi connectivity index (χ0v) is 18.5. The molecule has 1 saturated heterocycles. The maximum atomic E-state index is 13.1. The van der Waals surface area contributed by atoms with Crippen LogP contribution in [0.2, 0.25) is 0 Å². The Kier molecular flexibility index (Phi) is 6.62. The predicted octanol–water partition coefficient (Wildman–Crippen LogP) is 2.49. The standard InChI is InChI=1S/C23H28N4O6/c1-25-11-5-3-2-4-6-16-12-19(16)24-21(28)20-13-18(14-26(20)23(25)30)33-22(29)15-7-9-17(10-8-15)27(31)32/h4,6-10,16,18-20H,2-3,5,11-14H2,1H3,(H,24,28)/b6-4-/t16-,18+,19?,20+/m1/s1. The highest BCUT2D eigenvalue weighted by Gasteiger charge is 2.45. The number of fused-ring (bicyclic) bond motifs is 2. The molecule has 0 radical (unpaired) electrons. The molecule has 0 aromatic heterocycles. The Labute approximate surface area is 191 Å². The van der Waals surface area contributed by atoms with E-state index in [0.29, 0.717) is 12.5 Å². The Hall–Kier alpha value is -3.43. The number of urea groups is 1. The van der Waals surface area contributed by atoms with Crippen molar-refractivity contribution in [3.63, 3.8) is 0 Å². The second kappa shape index (κ2) is 9.60. The van der Waals surface area contributed by atoms with E-state index in [0.717, 1.165) is 25.7 Å². The van der Waals surface area contributed by atoms with Crippen LogP contribution in [0.25, 0.3) is 0 Å². The van der Waals surface area contributed by atoms with Gasteiger partial charge in [-0.1, -0.05) is 12.2 Å². The minimum atomic E-state index is -0.720. The van der Waals surface area contributed by atoms with E-state index < -0.39 is 23.0 Å². The fraction of sp³-hybridized carbons (Fsp3) is 0.522. The predicted molar refractivity (Wildman–Crippen MR) is 118 cm³/mol. The first kappa shape index (κ1) is 22.8. The van der Waals surface area contributed by atoms with Crippen molar-refractivity contribution in [2.24, 2.45) is 5.92 Å². The first-order chi connectivity index (χ1) is 15.8. The van der Waals surface area contributed by atoms with E-state index >= 15 is 0 Å². The largest absolute Gasteiger partial charge is 0.457 e. The van der Waals surface area contributed by atoms with Crippen molar-refractivity contribution in [2.75, 3.05) is 20.1 Å². The molecule has 1 saturated carbocycles. The van der Waals surface area contributed by atoms with Gasteiger partial charge in [-0.25, -0.2) is 9.59 Å². The van der Waals surface area contributed by atoms with Gasteiger partial charge in [-0.05, 0) is 43.7 Å². The molecule has 3 aliphatic rings. The molecule has 176 valence electrons. The number of non-ortho nitro benzene ring substituents is 1. The molecule has 2 heterocycles. The summed E-state index contributed by atoms with van der Waals surface area (Å²) >= 11 is 0. The number of hydrogen-bond acceptors (Lipinski definition) is 6. The number of rotatable bonds is 3. The first-order valence-electron chi connectivity index (χ1n) is 11.3. The van der Waals surface area contributed by atoms with Gasteiger partial charge in [-0.3, -0.25) is 14.9 Å². The molecule has 2 aliphatic heterocycles. The molecule has 1 aromatic carbocycles. The fourth-order valence-corrected chi connectivity index (χ4v) is 4.35. The van der Waals surface area contributed by atoms with Gasteiger partial charge in [-0.2, -0.15) is 0 Å². The number of carbonyl (C=O) groups is 3. The average Bonchev–Trinajstić information content (AvgIpc) is 3.39.